The van der Waals surface area contributed by atoms with Gasteiger partial charge >= 0.3 is 0 Å². The number of hydrogen-bond donors (Lipinski definition) is 0. The van der Waals surface area contributed by atoms with E-state index in [2.05, 4.69) is 49.6 Å². The molecule has 7 nitrogen and oxygen atoms in total. The van der Waals surface area contributed by atoms with Crippen molar-refractivity contribution < 1.29 is 4.74 Å². The van der Waals surface area contributed by atoms with Crippen LogP contribution in [0.2, 0.25) is 0 Å². The van der Waals surface area contributed by atoms with Crippen molar-refractivity contribution in [2.45, 2.75) is 13.0 Å². The van der Waals surface area contributed by atoms with Gasteiger partial charge in [0.25, 0.3) is 0 Å². The Morgan fingerprint density at radius 3 is 2.67 bits per heavy atom. The largest absolute Gasteiger partial charge is 0.497 e. The third-order valence-corrected chi connectivity index (χ3v) is 6.19. The first-order valence-electron chi connectivity index (χ1n) is 10.2. The van der Waals surface area contributed by atoms with Crippen molar-refractivity contribution in [3.05, 3.63) is 58.8 Å². The van der Waals surface area contributed by atoms with Gasteiger partial charge < -0.3 is 9.64 Å². The SMILES string of the molecule is COc1ccc(CN2CCCN(c3ccc4nnc(-c5ccsc5)n4n3)CC2)cc1. The quantitative estimate of drug-likeness (QED) is 0.492. The standard InChI is InChI=1S/C22H24N6OS/c1-29-19-5-3-17(4-6-19)15-26-10-2-11-27(13-12-26)21-8-7-20-23-24-22(28(20)25-21)18-9-14-30-16-18/h3-9,14,16H,2,10-13,15H2,1H3. The van der Waals surface area contributed by atoms with Crippen molar-refractivity contribution >= 4 is 22.8 Å². The number of aromatic nitrogens is 4. The predicted molar refractivity (Wildman–Crippen MR) is 119 cm³/mol. The van der Waals surface area contributed by atoms with E-state index in [0.717, 1.165) is 67.7 Å². The highest BCUT2D eigenvalue weighted by Gasteiger charge is 2.18. The molecule has 0 amide bonds. The minimum Gasteiger partial charge on any atom is -0.497 e. The Morgan fingerprint density at radius 1 is 0.967 bits per heavy atom. The molecule has 0 atom stereocenters. The topological polar surface area (TPSA) is 58.8 Å². The summed E-state index contributed by atoms with van der Waals surface area (Å²) in [6.07, 6.45) is 1.11. The summed E-state index contributed by atoms with van der Waals surface area (Å²) in [6.45, 7) is 4.99. The molecule has 4 heterocycles. The summed E-state index contributed by atoms with van der Waals surface area (Å²) < 4.78 is 7.12. The fourth-order valence-electron chi connectivity index (χ4n) is 3.87. The minimum atomic E-state index is 0.774. The molecule has 0 spiro atoms. The number of nitrogens with zero attached hydrogens (tertiary/aromatic N) is 6. The first-order chi connectivity index (χ1) is 14.8. The monoisotopic (exact) mass is 420 g/mol. The number of rotatable bonds is 5. The molecular formula is C22H24N6OS. The summed E-state index contributed by atoms with van der Waals surface area (Å²) in [5.74, 6) is 2.67. The molecule has 30 heavy (non-hydrogen) atoms. The van der Waals surface area contributed by atoms with Crippen LogP contribution in [0, 0.1) is 0 Å². The molecule has 5 rings (SSSR count). The second kappa shape index (κ2) is 8.41. The zero-order valence-electron chi connectivity index (χ0n) is 16.9. The molecule has 4 aromatic rings. The molecule has 0 saturated carbocycles. The second-order valence-corrected chi connectivity index (χ2v) is 8.24. The Hall–Kier alpha value is -2.97. The van der Waals surface area contributed by atoms with Gasteiger partial charge in [-0.05, 0) is 47.7 Å². The fourth-order valence-corrected chi connectivity index (χ4v) is 4.50. The van der Waals surface area contributed by atoms with Crippen LogP contribution in [-0.4, -0.2) is 58.0 Å². The first kappa shape index (κ1) is 19.0. The molecule has 1 aliphatic heterocycles. The first-order valence-corrected chi connectivity index (χ1v) is 11.1. The number of anilines is 1. The molecular weight excluding hydrogens is 396 g/mol. The number of fused-ring (bicyclic) bond motifs is 1. The lowest BCUT2D eigenvalue weighted by atomic mass is 10.2. The van der Waals surface area contributed by atoms with Crippen molar-refractivity contribution in [3.63, 3.8) is 0 Å². The summed E-state index contributed by atoms with van der Waals surface area (Å²) in [5.41, 5.74) is 3.14. The average molecular weight is 421 g/mol. The van der Waals surface area contributed by atoms with Crippen LogP contribution in [0.1, 0.15) is 12.0 Å². The zero-order chi connectivity index (χ0) is 20.3. The van der Waals surface area contributed by atoms with E-state index in [0.29, 0.717) is 0 Å². The highest BCUT2D eigenvalue weighted by molar-refractivity contribution is 7.08. The maximum atomic E-state index is 5.26. The molecule has 0 radical (unpaired) electrons. The van der Waals surface area contributed by atoms with Gasteiger partial charge in [0, 0.05) is 43.7 Å². The van der Waals surface area contributed by atoms with E-state index in [1.807, 2.05) is 28.1 Å². The van der Waals surface area contributed by atoms with Gasteiger partial charge in [0.15, 0.2) is 11.5 Å². The molecule has 1 fully saturated rings. The average Bonchev–Trinajstić information content (AvgIpc) is 3.40. The van der Waals surface area contributed by atoms with E-state index in [9.17, 15) is 0 Å². The molecule has 1 saturated heterocycles. The van der Waals surface area contributed by atoms with Crippen molar-refractivity contribution in [3.8, 4) is 17.1 Å². The van der Waals surface area contributed by atoms with Crippen LogP contribution >= 0.6 is 11.3 Å². The van der Waals surface area contributed by atoms with Crippen molar-refractivity contribution in [1.82, 2.24) is 24.7 Å². The van der Waals surface area contributed by atoms with Crippen LogP contribution in [0.25, 0.3) is 17.0 Å². The maximum Gasteiger partial charge on any atom is 0.186 e. The summed E-state index contributed by atoms with van der Waals surface area (Å²) in [5, 5.41) is 17.6. The van der Waals surface area contributed by atoms with Crippen molar-refractivity contribution in [1.29, 1.82) is 0 Å². The van der Waals surface area contributed by atoms with Crippen LogP contribution in [-0.2, 0) is 6.54 Å². The Labute approximate surface area is 179 Å². The Kier molecular flexibility index (Phi) is 5.33. The number of benzene rings is 1. The van der Waals surface area contributed by atoms with E-state index >= 15 is 0 Å². The van der Waals surface area contributed by atoms with Gasteiger partial charge in [0.1, 0.15) is 11.6 Å². The molecule has 0 bridgehead atoms. The number of methoxy groups -OCH3 is 1. The second-order valence-electron chi connectivity index (χ2n) is 7.46. The van der Waals surface area contributed by atoms with E-state index in [1.54, 1.807) is 18.4 Å². The fraction of sp³-hybridized carbons (Fsp3) is 0.318. The Balaban J connectivity index is 1.30. The van der Waals surface area contributed by atoms with Gasteiger partial charge in [-0.1, -0.05) is 12.1 Å². The van der Waals surface area contributed by atoms with Gasteiger partial charge in [0.2, 0.25) is 0 Å². The van der Waals surface area contributed by atoms with E-state index in [1.165, 1.54) is 5.56 Å². The maximum absolute atomic E-state index is 5.26. The zero-order valence-corrected chi connectivity index (χ0v) is 17.8. The lowest BCUT2D eigenvalue weighted by molar-refractivity contribution is 0.285. The van der Waals surface area contributed by atoms with E-state index < -0.39 is 0 Å². The van der Waals surface area contributed by atoms with Crippen LogP contribution in [0.3, 0.4) is 0 Å². The summed E-state index contributed by atoms with van der Waals surface area (Å²) in [7, 11) is 1.70. The lowest BCUT2D eigenvalue weighted by Crippen LogP contribution is -2.31. The highest BCUT2D eigenvalue weighted by atomic mass is 32.1. The van der Waals surface area contributed by atoms with Gasteiger partial charge in [0.05, 0.1) is 7.11 Å². The summed E-state index contributed by atoms with van der Waals surface area (Å²) in [4.78, 5) is 4.88. The van der Waals surface area contributed by atoms with E-state index in [-0.39, 0.29) is 0 Å². The molecule has 0 unspecified atom stereocenters. The molecule has 8 heteroatoms. The summed E-state index contributed by atoms with van der Waals surface area (Å²) in [6, 6.07) is 14.5. The van der Waals surface area contributed by atoms with Crippen LogP contribution in [0.5, 0.6) is 5.75 Å². The highest BCUT2D eigenvalue weighted by Crippen LogP contribution is 2.22. The molecule has 3 aromatic heterocycles. The normalized spacial score (nSPS) is 15.4. The summed E-state index contributed by atoms with van der Waals surface area (Å²) >= 11 is 1.65. The van der Waals surface area contributed by atoms with Gasteiger partial charge in [-0.3, -0.25) is 4.90 Å². The van der Waals surface area contributed by atoms with Crippen LogP contribution in [0.15, 0.2) is 53.2 Å². The van der Waals surface area contributed by atoms with Gasteiger partial charge in [-0.15, -0.1) is 15.3 Å². The smallest absolute Gasteiger partial charge is 0.186 e. The molecule has 1 aliphatic rings. The van der Waals surface area contributed by atoms with Crippen molar-refractivity contribution in [2.75, 3.05) is 38.2 Å². The Morgan fingerprint density at radius 2 is 1.87 bits per heavy atom. The third-order valence-electron chi connectivity index (χ3n) is 5.51. The van der Waals surface area contributed by atoms with Crippen molar-refractivity contribution in [2.24, 2.45) is 0 Å². The van der Waals surface area contributed by atoms with Crippen LogP contribution in [0.4, 0.5) is 5.82 Å². The third kappa shape index (κ3) is 3.88. The lowest BCUT2D eigenvalue weighted by Gasteiger charge is -2.22. The molecule has 1 aromatic carbocycles. The number of thiophene rings is 1. The number of ether oxygens (including phenoxy) is 1. The van der Waals surface area contributed by atoms with E-state index in [4.69, 9.17) is 9.84 Å². The van der Waals surface area contributed by atoms with Gasteiger partial charge in [-0.2, -0.15) is 15.9 Å². The predicted octanol–water partition coefficient (Wildman–Crippen LogP) is 3.57. The molecule has 0 aliphatic carbocycles. The minimum absolute atomic E-state index is 0.774. The Bertz CT molecular complexity index is 1110. The van der Waals surface area contributed by atoms with Gasteiger partial charge in [-0.25, -0.2) is 0 Å². The van der Waals surface area contributed by atoms with Crippen LogP contribution < -0.4 is 9.64 Å². The molecule has 154 valence electrons. The molecule has 0 N–H and O–H groups in total. The number of hydrogen-bond acceptors (Lipinski definition) is 7.